The molecule has 0 aliphatic rings. The van der Waals surface area contributed by atoms with Crippen LogP contribution in [0.5, 0.6) is 0 Å². The molecule has 0 atom stereocenters. The van der Waals surface area contributed by atoms with Gasteiger partial charge in [-0.1, -0.05) is 72.8 Å². The minimum Gasteiger partial charge on any atom is -0.456 e. The van der Waals surface area contributed by atoms with E-state index >= 15 is 0 Å². The summed E-state index contributed by atoms with van der Waals surface area (Å²) in [6.45, 7) is 0. The molecule has 0 amide bonds. The zero-order chi connectivity index (χ0) is 36.3. The average Bonchev–Trinajstić information content (AvgIpc) is 3.95. The van der Waals surface area contributed by atoms with Gasteiger partial charge in [0.1, 0.15) is 27.8 Å². The molecule has 0 radical (unpaired) electrons. The Kier molecular flexibility index (Phi) is 7.07. The van der Waals surface area contributed by atoms with E-state index in [1.54, 1.807) is 0 Å². The Bertz CT molecular complexity index is 3160. The molecule has 3 heterocycles. The number of oxazole rings is 1. The molecule has 0 saturated heterocycles. The topological polar surface area (TPSA) is 58.8 Å². The molecule has 11 aromatic rings. The Morgan fingerprint density at radius 3 is 1.33 bits per heavy atom. The fraction of sp³-hybridized carbons (Fsp3) is 0. The largest absolute Gasteiger partial charge is 0.456 e. The minimum atomic E-state index is 0.564. The maximum Gasteiger partial charge on any atom is 0.227 e. The number of fused-ring (bicyclic) bond motifs is 7. The van der Waals surface area contributed by atoms with Gasteiger partial charge in [0, 0.05) is 67.3 Å². The summed E-state index contributed by atoms with van der Waals surface area (Å²) in [5.41, 5.74) is 12.0. The highest BCUT2D eigenvalue weighted by atomic mass is 16.3. The molecular formula is C49H31N3O3. The highest BCUT2D eigenvalue weighted by molar-refractivity contribution is 6.07. The molecule has 0 spiro atoms. The van der Waals surface area contributed by atoms with Crippen LogP contribution in [0.15, 0.2) is 201 Å². The zero-order valence-corrected chi connectivity index (χ0v) is 29.5. The second-order valence-corrected chi connectivity index (χ2v) is 13.6. The first-order valence-corrected chi connectivity index (χ1v) is 18.3. The van der Waals surface area contributed by atoms with E-state index in [0.717, 1.165) is 89.1 Å². The standard InChI is InChI=1S/C49H31N3O3/c1-3-11-33(12-4-1)51(36-24-27-46-41(29-36)39-15-7-9-17-44(39)53-46)35-21-19-32(20-22-35)49-50-43-26-23-38(31-48(43)55-49)52(34-13-5-2-6-14-34)37-25-28-47-42(30-37)40-16-8-10-18-45(40)54-47/h1-31H. The monoisotopic (exact) mass is 709 g/mol. The van der Waals surface area contributed by atoms with Crippen LogP contribution in [0.3, 0.4) is 0 Å². The molecule has 11 rings (SSSR count). The van der Waals surface area contributed by atoms with Crippen molar-refractivity contribution in [1.82, 2.24) is 4.98 Å². The van der Waals surface area contributed by atoms with Gasteiger partial charge in [-0.15, -0.1) is 0 Å². The minimum absolute atomic E-state index is 0.564. The van der Waals surface area contributed by atoms with Gasteiger partial charge in [0.15, 0.2) is 5.58 Å². The maximum atomic E-state index is 6.51. The predicted molar refractivity (Wildman–Crippen MR) is 223 cm³/mol. The van der Waals surface area contributed by atoms with E-state index in [-0.39, 0.29) is 0 Å². The van der Waals surface area contributed by atoms with Crippen LogP contribution in [0.2, 0.25) is 0 Å². The normalized spacial score (nSPS) is 11.6. The van der Waals surface area contributed by atoms with Crippen LogP contribution < -0.4 is 9.80 Å². The lowest BCUT2D eigenvalue weighted by atomic mass is 10.1. The van der Waals surface area contributed by atoms with Gasteiger partial charge >= 0.3 is 0 Å². The van der Waals surface area contributed by atoms with Crippen LogP contribution in [0.25, 0.3) is 66.4 Å². The smallest absolute Gasteiger partial charge is 0.227 e. The molecule has 0 aliphatic carbocycles. The van der Waals surface area contributed by atoms with E-state index in [0.29, 0.717) is 11.5 Å². The third-order valence-corrected chi connectivity index (χ3v) is 10.3. The van der Waals surface area contributed by atoms with E-state index in [1.165, 1.54) is 0 Å². The van der Waals surface area contributed by atoms with Crippen molar-refractivity contribution in [2.24, 2.45) is 0 Å². The van der Waals surface area contributed by atoms with E-state index in [9.17, 15) is 0 Å². The van der Waals surface area contributed by atoms with Gasteiger partial charge < -0.3 is 23.1 Å². The highest BCUT2D eigenvalue weighted by Gasteiger charge is 2.19. The Morgan fingerprint density at radius 2 is 0.745 bits per heavy atom. The molecule has 6 heteroatoms. The van der Waals surface area contributed by atoms with Gasteiger partial charge in [-0.2, -0.15) is 0 Å². The summed E-state index contributed by atoms with van der Waals surface area (Å²) in [7, 11) is 0. The number of benzene rings is 8. The van der Waals surface area contributed by atoms with Crippen molar-refractivity contribution in [1.29, 1.82) is 0 Å². The van der Waals surface area contributed by atoms with Gasteiger partial charge in [-0.05, 0) is 109 Å². The molecule has 55 heavy (non-hydrogen) atoms. The first-order chi connectivity index (χ1) is 27.2. The first-order valence-electron chi connectivity index (χ1n) is 18.3. The van der Waals surface area contributed by atoms with Crippen molar-refractivity contribution in [3.8, 4) is 11.5 Å². The van der Waals surface area contributed by atoms with Crippen LogP contribution in [0.4, 0.5) is 34.1 Å². The Morgan fingerprint density at radius 1 is 0.309 bits per heavy atom. The molecule has 0 aliphatic heterocycles. The number of nitrogens with zero attached hydrogens (tertiary/aromatic N) is 3. The quantitative estimate of drug-likeness (QED) is 0.164. The predicted octanol–water partition coefficient (Wildman–Crippen LogP) is 14.2. The van der Waals surface area contributed by atoms with Crippen LogP contribution >= 0.6 is 0 Å². The van der Waals surface area contributed by atoms with Crippen molar-refractivity contribution < 1.29 is 13.3 Å². The number of rotatable bonds is 7. The number of furan rings is 2. The van der Waals surface area contributed by atoms with Crippen LogP contribution in [0.1, 0.15) is 0 Å². The van der Waals surface area contributed by atoms with Gasteiger partial charge in [0.05, 0.1) is 0 Å². The number of anilines is 6. The van der Waals surface area contributed by atoms with Gasteiger partial charge in [-0.25, -0.2) is 4.98 Å². The lowest BCUT2D eigenvalue weighted by molar-refractivity contribution is 0.620. The number of hydrogen-bond acceptors (Lipinski definition) is 6. The van der Waals surface area contributed by atoms with Gasteiger partial charge in [-0.3, -0.25) is 0 Å². The summed E-state index contributed by atoms with van der Waals surface area (Å²) < 4.78 is 18.8. The summed E-state index contributed by atoms with van der Waals surface area (Å²) in [5.74, 6) is 0.564. The summed E-state index contributed by atoms with van der Waals surface area (Å²) in [6, 6.07) is 64.4. The van der Waals surface area contributed by atoms with Crippen molar-refractivity contribution in [2.45, 2.75) is 0 Å². The third kappa shape index (κ3) is 5.31. The molecule has 260 valence electrons. The first kappa shape index (κ1) is 31.0. The van der Waals surface area contributed by atoms with E-state index in [2.05, 4.69) is 137 Å². The van der Waals surface area contributed by atoms with Crippen molar-refractivity contribution >= 4 is 89.1 Å². The SMILES string of the molecule is c1ccc(N(c2ccc(-c3nc4ccc(N(c5ccccc5)c5ccc6oc7ccccc7c6c5)cc4o3)cc2)c2ccc3oc4ccccc4c3c2)cc1. The van der Waals surface area contributed by atoms with Crippen molar-refractivity contribution in [3.05, 3.63) is 188 Å². The van der Waals surface area contributed by atoms with Gasteiger partial charge in [0.2, 0.25) is 5.89 Å². The number of hydrogen-bond donors (Lipinski definition) is 0. The van der Waals surface area contributed by atoms with Crippen molar-refractivity contribution in [3.63, 3.8) is 0 Å². The summed E-state index contributed by atoms with van der Waals surface area (Å²) in [4.78, 5) is 9.41. The Hall–Kier alpha value is -7.57. The van der Waals surface area contributed by atoms with Gasteiger partial charge in [0.25, 0.3) is 0 Å². The third-order valence-electron chi connectivity index (χ3n) is 10.3. The molecule has 0 fully saturated rings. The Balaban J connectivity index is 0.960. The van der Waals surface area contributed by atoms with E-state index in [4.69, 9.17) is 18.2 Å². The zero-order valence-electron chi connectivity index (χ0n) is 29.5. The summed E-state index contributed by atoms with van der Waals surface area (Å²) in [5, 5.41) is 4.34. The molecular weight excluding hydrogens is 679 g/mol. The fourth-order valence-electron chi connectivity index (χ4n) is 7.68. The van der Waals surface area contributed by atoms with Crippen LogP contribution in [-0.4, -0.2) is 4.98 Å². The Labute approximate surface area is 315 Å². The second-order valence-electron chi connectivity index (χ2n) is 13.6. The van der Waals surface area contributed by atoms with E-state index < -0.39 is 0 Å². The number of para-hydroxylation sites is 4. The lowest BCUT2D eigenvalue weighted by Crippen LogP contribution is -2.09. The molecule has 8 aromatic carbocycles. The van der Waals surface area contributed by atoms with E-state index in [1.807, 2.05) is 60.7 Å². The second kappa shape index (κ2) is 12.5. The molecule has 3 aromatic heterocycles. The van der Waals surface area contributed by atoms with Crippen LogP contribution in [-0.2, 0) is 0 Å². The molecule has 0 bridgehead atoms. The summed E-state index contributed by atoms with van der Waals surface area (Å²) >= 11 is 0. The molecule has 6 nitrogen and oxygen atoms in total. The molecule has 0 N–H and O–H groups in total. The summed E-state index contributed by atoms with van der Waals surface area (Å²) in [6.07, 6.45) is 0. The maximum absolute atomic E-state index is 6.51. The van der Waals surface area contributed by atoms with Crippen molar-refractivity contribution in [2.75, 3.05) is 9.80 Å². The average molecular weight is 710 g/mol. The van der Waals surface area contributed by atoms with Crippen LogP contribution in [0, 0.1) is 0 Å². The lowest BCUT2D eigenvalue weighted by Gasteiger charge is -2.25. The fourth-order valence-corrected chi connectivity index (χ4v) is 7.68. The molecule has 0 saturated carbocycles. The number of aromatic nitrogens is 1. The molecule has 0 unspecified atom stereocenters. The highest BCUT2D eigenvalue weighted by Crippen LogP contribution is 2.42.